The summed E-state index contributed by atoms with van der Waals surface area (Å²) in [5, 5.41) is 3.11. The van der Waals surface area contributed by atoms with Gasteiger partial charge in [0.2, 0.25) is 15.9 Å². The van der Waals surface area contributed by atoms with Gasteiger partial charge in [0, 0.05) is 23.5 Å². The molecule has 0 bridgehead atoms. The van der Waals surface area contributed by atoms with Gasteiger partial charge in [-0.3, -0.25) is 4.79 Å². The predicted molar refractivity (Wildman–Crippen MR) is 79.2 cm³/mol. The summed E-state index contributed by atoms with van der Waals surface area (Å²) in [6.07, 6.45) is 0.0804. The summed E-state index contributed by atoms with van der Waals surface area (Å²) in [6.45, 7) is 5.62. The zero-order valence-electron chi connectivity index (χ0n) is 11.7. The fraction of sp³-hybridized carbons (Fsp3) is 0.462. The van der Waals surface area contributed by atoms with E-state index in [1.165, 1.54) is 12.1 Å². The predicted octanol–water partition coefficient (Wildman–Crippen LogP) is 1.92. The monoisotopic (exact) mass is 318 g/mol. The van der Waals surface area contributed by atoms with E-state index in [4.69, 9.17) is 11.6 Å². The molecule has 0 heterocycles. The highest BCUT2D eigenvalue weighted by atomic mass is 35.5. The van der Waals surface area contributed by atoms with Crippen LogP contribution in [0.3, 0.4) is 0 Å². The second-order valence-corrected chi connectivity index (χ2v) is 7.61. The molecule has 7 heteroatoms. The Morgan fingerprint density at radius 1 is 1.30 bits per heavy atom. The Hall–Kier alpha value is -1.11. The summed E-state index contributed by atoms with van der Waals surface area (Å²) >= 11 is 5.75. The van der Waals surface area contributed by atoms with Gasteiger partial charge >= 0.3 is 0 Å². The third-order valence-electron chi connectivity index (χ3n) is 2.26. The molecule has 0 saturated heterocycles. The molecule has 0 spiro atoms. The minimum Gasteiger partial charge on any atom is -0.351 e. The molecule has 0 radical (unpaired) electrons. The Balaban J connectivity index is 2.55. The van der Waals surface area contributed by atoms with Crippen molar-refractivity contribution in [3.05, 3.63) is 29.3 Å². The first-order chi connectivity index (χ1) is 9.10. The van der Waals surface area contributed by atoms with Crippen molar-refractivity contribution in [2.24, 2.45) is 0 Å². The highest BCUT2D eigenvalue weighted by Gasteiger charge is 2.16. The molecule has 5 nitrogen and oxygen atoms in total. The van der Waals surface area contributed by atoms with Gasteiger partial charge in [-0.05, 0) is 39.0 Å². The van der Waals surface area contributed by atoms with E-state index >= 15 is 0 Å². The third-order valence-corrected chi connectivity index (χ3v) is 3.96. The first kappa shape index (κ1) is 16.9. The maximum atomic E-state index is 11.9. The first-order valence-electron chi connectivity index (χ1n) is 6.16. The number of hydrogen-bond acceptors (Lipinski definition) is 3. The quantitative estimate of drug-likeness (QED) is 0.871. The smallest absolute Gasteiger partial charge is 0.240 e. The van der Waals surface area contributed by atoms with Crippen molar-refractivity contribution in [3.8, 4) is 0 Å². The molecular weight excluding hydrogens is 300 g/mol. The van der Waals surface area contributed by atoms with Gasteiger partial charge < -0.3 is 5.32 Å². The number of carbonyl (C=O) groups excluding carboxylic acids is 1. The lowest BCUT2D eigenvalue weighted by atomic mass is 10.1. The Morgan fingerprint density at radius 3 is 2.50 bits per heavy atom. The van der Waals surface area contributed by atoms with Crippen LogP contribution in [-0.2, 0) is 14.8 Å². The lowest BCUT2D eigenvalue weighted by molar-refractivity contribution is -0.122. The number of benzene rings is 1. The number of rotatable bonds is 5. The van der Waals surface area contributed by atoms with Crippen molar-refractivity contribution in [1.29, 1.82) is 0 Å². The van der Waals surface area contributed by atoms with Gasteiger partial charge in [0.05, 0.1) is 4.90 Å². The van der Waals surface area contributed by atoms with Crippen molar-refractivity contribution < 1.29 is 13.2 Å². The maximum Gasteiger partial charge on any atom is 0.240 e. The zero-order chi connectivity index (χ0) is 15.4. The van der Waals surface area contributed by atoms with Crippen molar-refractivity contribution >= 4 is 27.5 Å². The Labute approximate surface area is 124 Å². The molecule has 0 saturated carbocycles. The lowest BCUT2D eigenvalue weighted by Crippen LogP contribution is -2.41. The van der Waals surface area contributed by atoms with Crippen LogP contribution in [0.2, 0.25) is 5.02 Å². The molecule has 1 aromatic carbocycles. The van der Waals surface area contributed by atoms with E-state index in [0.717, 1.165) is 0 Å². The maximum absolute atomic E-state index is 11.9. The highest BCUT2D eigenvalue weighted by molar-refractivity contribution is 7.89. The summed E-state index contributed by atoms with van der Waals surface area (Å²) in [7, 11) is -3.64. The van der Waals surface area contributed by atoms with E-state index in [2.05, 4.69) is 10.0 Å². The SMILES string of the molecule is CC(C)(C)NC(=O)CCNS(=O)(=O)c1cccc(Cl)c1. The summed E-state index contributed by atoms with van der Waals surface area (Å²) in [5.74, 6) is -0.203. The minimum absolute atomic E-state index is 0.0385. The molecule has 0 atom stereocenters. The molecule has 0 aromatic heterocycles. The molecule has 2 N–H and O–H groups in total. The standard InChI is InChI=1S/C13H19ClN2O3S/c1-13(2,3)16-12(17)7-8-15-20(18,19)11-6-4-5-10(14)9-11/h4-6,9,15H,7-8H2,1-3H3,(H,16,17). The van der Waals surface area contributed by atoms with Crippen LogP contribution in [0.1, 0.15) is 27.2 Å². The second-order valence-electron chi connectivity index (χ2n) is 5.40. The van der Waals surface area contributed by atoms with E-state index in [1.54, 1.807) is 12.1 Å². The van der Waals surface area contributed by atoms with Gasteiger partial charge in [-0.1, -0.05) is 17.7 Å². The van der Waals surface area contributed by atoms with Crippen LogP contribution >= 0.6 is 11.6 Å². The molecular formula is C13H19ClN2O3S. The molecule has 0 aliphatic heterocycles. The van der Waals surface area contributed by atoms with E-state index < -0.39 is 10.0 Å². The van der Waals surface area contributed by atoms with Gasteiger partial charge in [0.25, 0.3) is 0 Å². The summed E-state index contributed by atoms with van der Waals surface area (Å²) in [6, 6.07) is 5.96. The molecule has 0 fully saturated rings. The topological polar surface area (TPSA) is 75.3 Å². The summed E-state index contributed by atoms with van der Waals surface area (Å²) in [5.41, 5.74) is -0.330. The van der Waals surface area contributed by atoms with Crippen LogP contribution < -0.4 is 10.0 Å². The van der Waals surface area contributed by atoms with Crippen LogP contribution in [0.15, 0.2) is 29.2 Å². The molecule has 0 aliphatic carbocycles. The molecule has 112 valence electrons. The van der Waals surface area contributed by atoms with E-state index in [0.29, 0.717) is 5.02 Å². The number of hydrogen-bond donors (Lipinski definition) is 2. The minimum atomic E-state index is -3.64. The van der Waals surface area contributed by atoms with Crippen molar-refractivity contribution in [2.75, 3.05) is 6.54 Å². The van der Waals surface area contributed by atoms with Gasteiger partial charge in [-0.2, -0.15) is 0 Å². The lowest BCUT2D eigenvalue weighted by Gasteiger charge is -2.20. The average molecular weight is 319 g/mol. The average Bonchev–Trinajstić information content (AvgIpc) is 2.26. The molecule has 1 amide bonds. The van der Waals surface area contributed by atoms with Crippen LogP contribution in [0.25, 0.3) is 0 Å². The number of sulfonamides is 1. The van der Waals surface area contributed by atoms with Gasteiger partial charge in [0.1, 0.15) is 0 Å². The molecule has 1 aromatic rings. The van der Waals surface area contributed by atoms with Crippen LogP contribution in [0.5, 0.6) is 0 Å². The largest absolute Gasteiger partial charge is 0.351 e. The van der Waals surface area contributed by atoms with Gasteiger partial charge in [0.15, 0.2) is 0 Å². The van der Waals surface area contributed by atoms with Crippen molar-refractivity contribution in [3.63, 3.8) is 0 Å². The van der Waals surface area contributed by atoms with Crippen LogP contribution in [0.4, 0.5) is 0 Å². The van der Waals surface area contributed by atoms with Crippen LogP contribution in [-0.4, -0.2) is 26.4 Å². The van der Waals surface area contributed by atoms with Crippen molar-refractivity contribution in [2.45, 2.75) is 37.6 Å². The molecule has 20 heavy (non-hydrogen) atoms. The summed E-state index contributed by atoms with van der Waals surface area (Å²) < 4.78 is 26.3. The van der Waals surface area contributed by atoms with Gasteiger partial charge in [-0.25, -0.2) is 13.1 Å². The molecule has 0 unspecified atom stereocenters. The molecule has 1 rings (SSSR count). The van der Waals surface area contributed by atoms with Crippen molar-refractivity contribution in [1.82, 2.24) is 10.0 Å². The third kappa shape index (κ3) is 5.90. The molecule has 0 aliphatic rings. The Morgan fingerprint density at radius 2 is 1.95 bits per heavy atom. The van der Waals surface area contributed by atoms with Gasteiger partial charge in [-0.15, -0.1) is 0 Å². The number of nitrogens with one attached hydrogen (secondary N) is 2. The normalized spacial score (nSPS) is 12.2. The fourth-order valence-corrected chi connectivity index (χ4v) is 2.83. The fourth-order valence-electron chi connectivity index (χ4n) is 1.50. The number of carbonyl (C=O) groups is 1. The van der Waals surface area contributed by atoms with Crippen LogP contribution in [0, 0.1) is 0 Å². The Bertz CT molecular complexity index is 580. The Kier molecular flexibility index (Phi) is 5.56. The highest BCUT2D eigenvalue weighted by Crippen LogP contribution is 2.15. The van der Waals surface area contributed by atoms with E-state index in [-0.39, 0.29) is 29.3 Å². The summed E-state index contributed by atoms with van der Waals surface area (Å²) in [4.78, 5) is 11.7. The first-order valence-corrected chi connectivity index (χ1v) is 8.02. The number of halogens is 1. The van der Waals surface area contributed by atoms with E-state index in [1.807, 2.05) is 20.8 Å². The zero-order valence-corrected chi connectivity index (χ0v) is 13.3. The number of amides is 1. The second kappa shape index (κ2) is 6.56. The van der Waals surface area contributed by atoms with E-state index in [9.17, 15) is 13.2 Å².